The molecule has 114 valence electrons. The highest BCUT2D eigenvalue weighted by atomic mass is 19.2. The topological polar surface area (TPSA) is 49.4 Å². The molecule has 0 saturated carbocycles. The summed E-state index contributed by atoms with van der Waals surface area (Å²) in [6.07, 6.45) is 1.90. The lowest BCUT2D eigenvalue weighted by Crippen LogP contribution is -2.31. The van der Waals surface area contributed by atoms with E-state index in [-0.39, 0.29) is 12.5 Å². The van der Waals surface area contributed by atoms with Crippen LogP contribution in [0.25, 0.3) is 0 Å². The summed E-state index contributed by atoms with van der Waals surface area (Å²) in [4.78, 5) is 24.7. The minimum absolute atomic E-state index is 0.0907. The summed E-state index contributed by atoms with van der Waals surface area (Å²) in [6.45, 7) is 1.45. The van der Waals surface area contributed by atoms with Gasteiger partial charge in [0.25, 0.3) is 5.91 Å². The number of benzene rings is 1. The molecular weight excluding hydrogens is 285 g/mol. The van der Waals surface area contributed by atoms with Crippen LogP contribution in [0.15, 0.2) is 12.1 Å². The molecule has 0 aromatic heterocycles. The van der Waals surface area contributed by atoms with Crippen LogP contribution in [0, 0.1) is 17.5 Å². The fraction of sp³-hybridized carbons (Fsp3) is 0.429. The van der Waals surface area contributed by atoms with E-state index in [9.17, 15) is 22.8 Å². The van der Waals surface area contributed by atoms with Crippen molar-refractivity contribution in [2.24, 2.45) is 0 Å². The Balaban J connectivity index is 1.82. The molecule has 1 N–H and O–H groups in total. The van der Waals surface area contributed by atoms with Crippen molar-refractivity contribution >= 4 is 11.8 Å². The maximum absolute atomic E-state index is 13.4. The van der Waals surface area contributed by atoms with Crippen LogP contribution in [-0.4, -0.2) is 36.3 Å². The number of likely N-dealkylation sites (tertiary alicyclic amines) is 1. The number of carbonyl (C=O) groups excluding carboxylic acids is 2. The summed E-state index contributed by atoms with van der Waals surface area (Å²) >= 11 is 0. The molecule has 0 bridgehead atoms. The van der Waals surface area contributed by atoms with Gasteiger partial charge < -0.3 is 10.2 Å². The highest BCUT2D eigenvalue weighted by molar-refractivity contribution is 5.94. The number of halogens is 3. The Bertz CT molecular complexity index is 563. The minimum Gasteiger partial charge on any atom is -0.352 e. The van der Waals surface area contributed by atoms with Crippen molar-refractivity contribution in [3.8, 4) is 0 Å². The number of carbonyl (C=O) groups is 2. The fourth-order valence-corrected chi connectivity index (χ4v) is 2.21. The van der Waals surface area contributed by atoms with Gasteiger partial charge in [0.15, 0.2) is 17.5 Å². The summed E-state index contributed by atoms with van der Waals surface area (Å²) in [5.41, 5.74) is -0.536. The highest BCUT2D eigenvalue weighted by Crippen LogP contribution is 2.15. The second-order valence-electron chi connectivity index (χ2n) is 4.82. The van der Waals surface area contributed by atoms with E-state index >= 15 is 0 Å². The smallest absolute Gasteiger partial charge is 0.254 e. The molecule has 1 aromatic carbocycles. The van der Waals surface area contributed by atoms with Crippen LogP contribution >= 0.6 is 0 Å². The van der Waals surface area contributed by atoms with Gasteiger partial charge in [-0.25, -0.2) is 13.2 Å². The third kappa shape index (κ3) is 3.53. The molecule has 1 heterocycles. The van der Waals surface area contributed by atoms with E-state index in [0.717, 1.165) is 12.5 Å². The quantitative estimate of drug-likeness (QED) is 0.666. The first-order valence-electron chi connectivity index (χ1n) is 6.70. The van der Waals surface area contributed by atoms with E-state index in [1.165, 1.54) is 0 Å². The van der Waals surface area contributed by atoms with Crippen molar-refractivity contribution in [1.29, 1.82) is 0 Å². The highest BCUT2D eigenvalue weighted by Gasteiger charge is 2.20. The Morgan fingerprint density at radius 3 is 2.67 bits per heavy atom. The van der Waals surface area contributed by atoms with Gasteiger partial charge in [-0.2, -0.15) is 0 Å². The van der Waals surface area contributed by atoms with Crippen molar-refractivity contribution in [3.63, 3.8) is 0 Å². The van der Waals surface area contributed by atoms with Gasteiger partial charge in [0.1, 0.15) is 0 Å². The Morgan fingerprint density at radius 2 is 2.00 bits per heavy atom. The summed E-state index contributed by atoms with van der Waals surface area (Å²) < 4.78 is 39.2. The maximum atomic E-state index is 13.4. The monoisotopic (exact) mass is 300 g/mol. The van der Waals surface area contributed by atoms with E-state index in [2.05, 4.69) is 5.32 Å². The summed E-state index contributed by atoms with van der Waals surface area (Å²) in [6, 6.07) is 1.60. The number of nitrogens with one attached hydrogen (secondary N) is 1. The summed E-state index contributed by atoms with van der Waals surface area (Å²) in [7, 11) is 0. The average Bonchev–Trinajstić information content (AvgIpc) is 2.86. The van der Waals surface area contributed by atoms with E-state index < -0.39 is 28.9 Å². The second-order valence-corrected chi connectivity index (χ2v) is 4.82. The molecule has 1 fully saturated rings. The molecule has 0 atom stereocenters. The van der Waals surface area contributed by atoms with E-state index in [1.54, 1.807) is 4.90 Å². The van der Waals surface area contributed by atoms with Crippen molar-refractivity contribution in [1.82, 2.24) is 10.2 Å². The van der Waals surface area contributed by atoms with Gasteiger partial charge in [-0.15, -0.1) is 0 Å². The zero-order chi connectivity index (χ0) is 15.4. The Kier molecular flexibility index (Phi) is 4.82. The molecule has 2 rings (SSSR count). The van der Waals surface area contributed by atoms with Gasteiger partial charge in [0.2, 0.25) is 5.91 Å². The normalized spacial score (nSPS) is 14.6. The second kappa shape index (κ2) is 6.60. The first-order valence-corrected chi connectivity index (χ1v) is 6.70. The largest absolute Gasteiger partial charge is 0.352 e. The fourth-order valence-electron chi connectivity index (χ4n) is 2.21. The van der Waals surface area contributed by atoms with Crippen LogP contribution in [0.4, 0.5) is 13.2 Å². The molecule has 0 spiro atoms. The number of rotatable bonds is 5. The molecular formula is C14H15F3N2O2. The lowest BCUT2D eigenvalue weighted by Gasteiger charge is -2.15. The lowest BCUT2D eigenvalue weighted by molar-refractivity contribution is -0.127. The predicted molar refractivity (Wildman–Crippen MR) is 69.1 cm³/mol. The van der Waals surface area contributed by atoms with Crippen LogP contribution in [0.2, 0.25) is 0 Å². The lowest BCUT2D eigenvalue weighted by atomic mass is 10.2. The van der Waals surface area contributed by atoms with Crippen LogP contribution in [0.5, 0.6) is 0 Å². The molecule has 0 radical (unpaired) electrons. The molecule has 1 saturated heterocycles. The predicted octanol–water partition coefficient (Wildman–Crippen LogP) is 1.85. The number of hydrogen-bond donors (Lipinski definition) is 1. The SMILES string of the molecule is O=C(NCCCN1CCCC1=O)c1ccc(F)c(F)c1F. The van der Waals surface area contributed by atoms with Gasteiger partial charge in [-0.05, 0) is 25.0 Å². The van der Waals surface area contributed by atoms with E-state index in [1.807, 2.05) is 0 Å². The van der Waals surface area contributed by atoms with E-state index in [0.29, 0.717) is 32.0 Å². The molecule has 1 aromatic rings. The standard InChI is InChI=1S/C14H15F3N2O2/c15-10-5-4-9(12(16)13(10)17)14(21)18-6-2-8-19-7-1-3-11(19)20/h4-5H,1-3,6-8H2,(H,18,21). The van der Waals surface area contributed by atoms with E-state index in [4.69, 9.17) is 0 Å². The van der Waals surface area contributed by atoms with Gasteiger partial charge in [-0.1, -0.05) is 0 Å². The van der Waals surface area contributed by atoms with Crippen molar-refractivity contribution in [3.05, 3.63) is 35.1 Å². The number of amides is 2. The molecule has 7 heteroatoms. The van der Waals surface area contributed by atoms with Gasteiger partial charge in [-0.3, -0.25) is 9.59 Å². The van der Waals surface area contributed by atoms with Crippen molar-refractivity contribution in [2.75, 3.05) is 19.6 Å². The molecule has 1 aliphatic rings. The zero-order valence-electron chi connectivity index (χ0n) is 11.3. The molecule has 21 heavy (non-hydrogen) atoms. The first kappa shape index (κ1) is 15.3. The molecule has 2 amide bonds. The van der Waals surface area contributed by atoms with Crippen LogP contribution in [0.1, 0.15) is 29.6 Å². The van der Waals surface area contributed by atoms with Crippen LogP contribution < -0.4 is 5.32 Å². The molecule has 0 unspecified atom stereocenters. The Morgan fingerprint density at radius 1 is 1.24 bits per heavy atom. The van der Waals surface area contributed by atoms with Gasteiger partial charge in [0.05, 0.1) is 5.56 Å². The Hall–Kier alpha value is -2.05. The maximum Gasteiger partial charge on any atom is 0.254 e. The Labute approximate surface area is 119 Å². The van der Waals surface area contributed by atoms with Crippen LogP contribution in [0.3, 0.4) is 0 Å². The minimum atomic E-state index is -1.66. The van der Waals surface area contributed by atoms with Gasteiger partial charge >= 0.3 is 0 Å². The molecule has 0 aliphatic carbocycles. The van der Waals surface area contributed by atoms with Gasteiger partial charge in [0, 0.05) is 26.1 Å². The summed E-state index contributed by atoms with van der Waals surface area (Å²) in [5, 5.41) is 2.42. The third-order valence-electron chi connectivity index (χ3n) is 3.34. The zero-order valence-corrected chi connectivity index (χ0v) is 11.3. The number of hydrogen-bond acceptors (Lipinski definition) is 2. The molecule has 1 aliphatic heterocycles. The third-order valence-corrected chi connectivity index (χ3v) is 3.34. The first-order chi connectivity index (χ1) is 10.0. The van der Waals surface area contributed by atoms with Crippen LogP contribution in [-0.2, 0) is 4.79 Å². The molecule has 4 nitrogen and oxygen atoms in total. The van der Waals surface area contributed by atoms with Crippen molar-refractivity contribution in [2.45, 2.75) is 19.3 Å². The average molecular weight is 300 g/mol. The number of nitrogens with zero attached hydrogens (tertiary/aromatic N) is 1. The van der Waals surface area contributed by atoms with Crippen molar-refractivity contribution < 1.29 is 22.8 Å². The summed E-state index contributed by atoms with van der Waals surface area (Å²) in [5.74, 6) is -5.21.